The molecule has 0 amide bonds. The summed E-state index contributed by atoms with van der Waals surface area (Å²) in [4.78, 5) is 33.5. The zero-order valence-electron chi connectivity index (χ0n) is 26.0. The third-order valence-electron chi connectivity index (χ3n) is 7.90. The number of hydrogen-bond donors (Lipinski definition) is 0. The molecule has 3 heterocycles. The molecule has 3 aromatic carbocycles. The highest BCUT2D eigenvalue weighted by atomic mass is 32.1. The number of hydrogen-bond acceptors (Lipinski definition) is 6. The number of aryl methyl sites for hydroxylation is 2. The van der Waals surface area contributed by atoms with Gasteiger partial charge in [-0.3, -0.25) is 9.36 Å². The second-order valence-electron chi connectivity index (χ2n) is 10.9. The lowest BCUT2D eigenvalue weighted by Gasteiger charge is -2.26. The molecule has 0 unspecified atom stereocenters. The van der Waals surface area contributed by atoms with E-state index in [0.717, 1.165) is 33.8 Å². The second-order valence-corrected chi connectivity index (χ2v) is 11.9. The number of ether oxygens (including phenoxy) is 2. The first-order valence-electron chi connectivity index (χ1n) is 15.1. The molecule has 0 N–H and O–H groups in total. The van der Waals surface area contributed by atoms with E-state index in [-0.39, 0.29) is 12.2 Å². The van der Waals surface area contributed by atoms with Crippen LogP contribution >= 0.6 is 11.3 Å². The van der Waals surface area contributed by atoms with Crippen molar-refractivity contribution in [3.05, 3.63) is 144 Å². The summed E-state index contributed by atoms with van der Waals surface area (Å²) in [5.74, 6) is 0.206. The topological polar surface area (TPSA) is 74.8 Å². The fraction of sp³-hybridized carbons (Fsp3) is 0.216. The van der Waals surface area contributed by atoms with Crippen molar-refractivity contribution in [2.24, 2.45) is 4.99 Å². The van der Waals surface area contributed by atoms with E-state index in [2.05, 4.69) is 49.6 Å². The lowest BCUT2D eigenvalue weighted by atomic mass is 9.93. The van der Waals surface area contributed by atoms with E-state index in [4.69, 9.17) is 14.5 Å². The van der Waals surface area contributed by atoms with E-state index < -0.39 is 12.0 Å². The molecular formula is C37H35N3O4S. The van der Waals surface area contributed by atoms with Gasteiger partial charge in [-0.2, -0.15) is 0 Å². The monoisotopic (exact) mass is 617 g/mol. The van der Waals surface area contributed by atoms with Gasteiger partial charge < -0.3 is 14.0 Å². The van der Waals surface area contributed by atoms with Gasteiger partial charge in [0.2, 0.25) is 0 Å². The molecule has 1 atom stereocenters. The van der Waals surface area contributed by atoms with Gasteiger partial charge in [-0.05, 0) is 87.7 Å². The summed E-state index contributed by atoms with van der Waals surface area (Å²) >= 11 is 1.32. The molecule has 7 nitrogen and oxygen atoms in total. The number of aromatic nitrogens is 2. The minimum absolute atomic E-state index is 0.196. The van der Waals surface area contributed by atoms with Crippen molar-refractivity contribution in [1.82, 2.24) is 9.13 Å². The van der Waals surface area contributed by atoms with Gasteiger partial charge in [0.1, 0.15) is 5.75 Å². The molecule has 2 aromatic heterocycles. The lowest BCUT2D eigenvalue weighted by molar-refractivity contribution is -0.138. The Morgan fingerprint density at radius 1 is 0.933 bits per heavy atom. The quantitative estimate of drug-likeness (QED) is 0.199. The fourth-order valence-corrected chi connectivity index (χ4v) is 6.90. The Bertz CT molecular complexity index is 2100. The summed E-state index contributed by atoms with van der Waals surface area (Å²) in [7, 11) is 0. The normalized spacial score (nSPS) is 14.7. The van der Waals surface area contributed by atoms with E-state index in [9.17, 15) is 9.59 Å². The Morgan fingerprint density at radius 2 is 1.69 bits per heavy atom. The van der Waals surface area contributed by atoms with E-state index in [1.165, 1.54) is 16.9 Å². The summed E-state index contributed by atoms with van der Waals surface area (Å²) in [5, 5.41) is 0. The third kappa shape index (κ3) is 5.69. The molecule has 1 aliphatic rings. The van der Waals surface area contributed by atoms with Crippen LogP contribution in [0.2, 0.25) is 0 Å². The second kappa shape index (κ2) is 12.6. The summed E-state index contributed by atoms with van der Waals surface area (Å²) in [6.45, 7) is 10.6. The van der Waals surface area contributed by atoms with E-state index in [0.29, 0.717) is 33.0 Å². The molecule has 0 spiro atoms. The molecule has 45 heavy (non-hydrogen) atoms. The van der Waals surface area contributed by atoms with Gasteiger partial charge in [0.15, 0.2) is 4.80 Å². The standard InChI is InChI=1S/C37H35N3O4S/c1-6-43-30-18-16-27(17-19-30)34-32(36(42)44-7-2)33(26-13-9-8-10-14-26)38-37-40(34)35(41)31(45-37)22-28-21-24(4)39(25(28)5)29-15-11-12-23(3)20-29/h8-22,34H,6-7H2,1-5H3/b31-22-/t34-/m1/s1. The smallest absolute Gasteiger partial charge is 0.338 e. The van der Waals surface area contributed by atoms with Gasteiger partial charge in [-0.1, -0.05) is 65.9 Å². The first-order chi connectivity index (χ1) is 21.8. The summed E-state index contributed by atoms with van der Waals surface area (Å²) in [5.41, 5.74) is 7.44. The maximum absolute atomic E-state index is 14.3. The SMILES string of the molecule is CCOC(=O)C1=C(c2ccccc2)N=c2s/c(=C\c3cc(C)n(-c4cccc(C)c4)c3C)c(=O)n2[C@@H]1c1ccc(OCC)cc1. The molecule has 228 valence electrons. The molecule has 0 bridgehead atoms. The number of esters is 1. The molecule has 0 radical (unpaired) electrons. The Labute approximate surface area is 266 Å². The third-order valence-corrected chi connectivity index (χ3v) is 8.88. The van der Waals surface area contributed by atoms with E-state index in [1.54, 1.807) is 11.5 Å². The molecular weight excluding hydrogens is 582 g/mol. The van der Waals surface area contributed by atoms with Crippen LogP contribution in [0, 0.1) is 20.8 Å². The van der Waals surface area contributed by atoms with E-state index >= 15 is 0 Å². The minimum atomic E-state index is -0.743. The number of fused-ring (bicyclic) bond motifs is 1. The van der Waals surface area contributed by atoms with Crippen LogP contribution in [0.4, 0.5) is 0 Å². The number of benzene rings is 3. The van der Waals surface area contributed by atoms with Crippen molar-refractivity contribution in [3.8, 4) is 11.4 Å². The van der Waals surface area contributed by atoms with Crippen LogP contribution in [0.1, 0.15) is 53.5 Å². The van der Waals surface area contributed by atoms with Crippen molar-refractivity contribution in [2.45, 2.75) is 40.7 Å². The Morgan fingerprint density at radius 3 is 2.38 bits per heavy atom. The van der Waals surface area contributed by atoms with Crippen LogP contribution in [-0.4, -0.2) is 28.3 Å². The van der Waals surface area contributed by atoms with Crippen LogP contribution < -0.4 is 19.6 Å². The Kier molecular flexibility index (Phi) is 8.41. The van der Waals surface area contributed by atoms with Gasteiger partial charge in [0, 0.05) is 22.6 Å². The predicted octanol–water partition coefficient (Wildman–Crippen LogP) is 6.05. The Balaban J connectivity index is 1.59. The minimum Gasteiger partial charge on any atom is -0.494 e. The van der Waals surface area contributed by atoms with Crippen molar-refractivity contribution in [2.75, 3.05) is 13.2 Å². The van der Waals surface area contributed by atoms with Crippen LogP contribution in [-0.2, 0) is 9.53 Å². The van der Waals surface area contributed by atoms with Crippen molar-refractivity contribution < 1.29 is 14.3 Å². The first kappa shape index (κ1) is 30.1. The van der Waals surface area contributed by atoms with Gasteiger partial charge >= 0.3 is 5.97 Å². The molecule has 8 heteroatoms. The van der Waals surface area contributed by atoms with Crippen molar-refractivity contribution in [1.29, 1.82) is 0 Å². The summed E-state index contributed by atoms with van der Waals surface area (Å²) in [6, 6.07) is 26.8. The average Bonchev–Trinajstić information content (AvgIpc) is 3.50. The van der Waals surface area contributed by atoms with Crippen molar-refractivity contribution >= 4 is 29.1 Å². The van der Waals surface area contributed by atoms with Crippen LogP contribution in [0.15, 0.2) is 100 Å². The average molecular weight is 618 g/mol. The lowest BCUT2D eigenvalue weighted by Crippen LogP contribution is -2.40. The molecule has 5 aromatic rings. The molecule has 0 saturated heterocycles. The number of carbonyl (C=O) groups is 1. The number of rotatable bonds is 8. The van der Waals surface area contributed by atoms with Crippen molar-refractivity contribution in [3.63, 3.8) is 0 Å². The van der Waals surface area contributed by atoms with Crippen LogP contribution in [0.5, 0.6) is 5.75 Å². The molecule has 1 aliphatic heterocycles. The summed E-state index contributed by atoms with van der Waals surface area (Å²) in [6.07, 6.45) is 1.93. The molecule has 6 rings (SSSR count). The fourth-order valence-electron chi connectivity index (χ4n) is 5.91. The zero-order valence-corrected chi connectivity index (χ0v) is 26.9. The van der Waals surface area contributed by atoms with Gasteiger partial charge in [-0.25, -0.2) is 9.79 Å². The first-order valence-corrected chi connectivity index (χ1v) is 15.9. The number of nitrogens with zero attached hydrogens (tertiary/aromatic N) is 3. The number of thiazole rings is 1. The highest BCUT2D eigenvalue weighted by Crippen LogP contribution is 2.35. The van der Waals surface area contributed by atoms with Gasteiger partial charge in [0.05, 0.1) is 35.1 Å². The maximum atomic E-state index is 14.3. The predicted molar refractivity (Wildman–Crippen MR) is 179 cm³/mol. The highest BCUT2D eigenvalue weighted by molar-refractivity contribution is 7.07. The highest BCUT2D eigenvalue weighted by Gasteiger charge is 2.35. The zero-order chi connectivity index (χ0) is 31.7. The molecule has 0 aliphatic carbocycles. The molecule has 0 saturated carbocycles. The summed E-state index contributed by atoms with van der Waals surface area (Å²) < 4.78 is 15.6. The largest absolute Gasteiger partial charge is 0.494 e. The Hall–Kier alpha value is -4.95. The molecule has 0 fully saturated rings. The maximum Gasteiger partial charge on any atom is 0.338 e. The van der Waals surface area contributed by atoms with Gasteiger partial charge in [0.25, 0.3) is 5.56 Å². The van der Waals surface area contributed by atoms with Crippen LogP contribution in [0.3, 0.4) is 0 Å². The van der Waals surface area contributed by atoms with Gasteiger partial charge in [-0.15, -0.1) is 0 Å². The van der Waals surface area contributed by atoms with E-state index in [1.807, 2.05) is 73.7 Å². The van der Waals surface area contributed by atoms with Crippen LogP contribution in [0.25, 0.3) is 17.5 Å². The number of carbonyl (C=O) groups excluding carboxylic acids is 1.